The summed E-state index contributed by atoms with van der Waals surface area (Å²) >= 11 is 0. The Morgan fingerprint density at radius 3 is 1.91 bits per heavy atom. The molecule has 2 aliphatic rings. The van der Waals surface area contributed by atoms with Crippen molar-refractivity contribution in [3.8, 4) is 0 Å². The summed E-state index contributed by atoms with van der Waals surface area (Å²) in [7, 11) is 1.37. The van der Waals surface area contributed by atoms with E-state index < -0.39 is 24.1 Å². The fourth-order valence-corrected chi connectivity index (χ4v) is 4.79. The molecule has 0 aliphatic heterocycles. The van der Waals surface area contributed by atoms with Gasteiger partial charge in [0.05, 0.1) is 19.3 Å². The lowest BCUT2D eigenvalue weighted by Crippen LogP contribution is -2.23. The van der Waals surface area contributed by atoms with Crippen LogP contribution in [0.1, 0.15) is 80.3 Å². The Morgan fingerprint density at radius 2 is 1.32 bits per heavy atom. The van der Waals surface area contributed by atoms with E-state index in [9.17, 15) is 9.59 Å². The molecule has 6 heteroatoms. The van der Waals surface area contributed by atoms with Crippen molar-refractivity contribution in [2.75, 3.05) is 7.11 Å². The highest BCUT2D eigenvalue weighted by Gasteiger charge is 2.30. The quantitative estimate of drug-likeness (QED) is 0.424. The van der Waals surface area contributed by atoms with E-state index in [1.807, 2.05) is 54.6 Å². The molecular formula is C28H34O6. The van der Waals surface area contributed by atoms with Gasteiger partial charge >= 0.3 is 11.9 Å². The minimum Gasteiger partial charge on any atom is -0.467 e. The Labute approximate surface area is 201 Å². The van der Waals surface area contributed by atoms with Crippen molar-refractivity contribution in [1.29, 1.82) is 0 Å². The highest BCUT2D eigenvalue weighted by atomic mass is 16.6. The van der Waals surface area contributed by atoms with E-state index in [4.69, 9.17) is 18.9 Å². The van der Waals surface area contributed by atoms with Gasteiger partial charge in [-0.2, -0.15) is 0 Å². The number of hydrogen-bond acceptors (Lipinski definition) is 6. The first-order chi connectivity index (χ1) is 16.6. The second kappa shape index (κ2) is 12.1. The second-order valence-corrected chi connectivity index (χ2v) is 9.13. The molecule has 0 radical (unpaired) electrons. The first-order valence-corrected chi connectivity index (χ1v) is 12.3. The van der Waals surface area contributed by atoms with Gasteiger partial charge in [-0.25, -0.2) is 9.59 Å². The van der Waals surface area contributed by atoms with Crippen molar-refractivity contribution in [1.82, 2.24) is 0 Å². The number of benzene rings is 2. The number of rotatable bonds is 10. The molecule has 182 valence electrons. The third-order valence-electron chi connectivity index (χ3n) is 6.63. The smallest absolute Gasteiger partial charge is 0.340 e. The van der Waals surface area contributed by atoms with Crippen LogP contribution in [0.2, 0.25) is 0 Å². The van der Waals surface area contributed by atoms with Gasteiger partial charge in [-0.15, -0.1) is 0 Å². The molecule has 6 nitrogen and oxygen atoms in total. The third-order valence-corrected chi connectivity index (χ3v) is 6.63. The van der Waals surface area contributed by atoms with Crippen molar-refractivity contribution in [3.63, 3.8) is 0 Å². The molecule has 2 aromatic rings. The average molecular weight is 467 g/mol. The van der Waals surface area contributed by atoms with Gasteiger partial charge < -0.3 is 18.9 Å². The normalized spacial score (nSPS) is 18.5. The second-order valence-electron chi connectivity index (χ2n) is 9.13. The van der Waals surface area contributed by atoms with Gasteiger partial charge in [0.2, 0.25) is 0 Å². The fourth-order valence-electron chi connectivity index (χ4n) is 4.79. The summed E-state index contributed by atoms with van der Waals surface area (Å²) in [5.41, 5.74) is 2.28. The van der Waals surface area contributed by atoms with E-state index in [1.165, 1.54) is 7.11 Å². The van der Waals surface area contributed by atoms with Crippen LogP contribution in [0.3, 0.4) is 0 Å². The predicted octanol–water partition coefficient (Wildman–Crippen LogP) is 5.60. The minimum atomic E-state index is -0.786. The van der Waals surface area contributed by atoms with Gasteiger partial charge in [-0.3, -0.25) is 0 Å². The Hall–Kier alpha value is -2.70. The zero-order valence-electron chi connectivity index (χ0n) is 19.8. The van der Waals surface area contributed by atoms with Crippen LogP contribution >= 0.6 is 0 Å². The average Bonchev–Trinajstić information content (AvgIpc) is 3.59. The van der Waals surface area contributed by atoms with Crippen molar-refractivity contribution < 1.29 is 28.5 Å². The zero-order chi connectivity index (χ0) is 23.8. The van der Waals surface area contributed by atoms with E-state index in [0.29, 0.717) is 5.56 Å². The maximum atomic E-state index is 13.1. The maximum Gasteiger partial charge on any atom is 0.340 e. The van der Waals surface area contributed by atoms with Crippen LogP contribution in [0.15, 0.2) is 54.6 Å². The van der Waals surface area contributed by atoms with E-state index in [0.717, 1.165) is 62.5 Å². The number of hydrogen-bond donors (Lipinski definition) is 0. The largest absolute Gasteiger partial charge is 0.467 e. The lowest BCUT2D eigenvalue weighted by atomic mass is 10.1. The first kappa shape index (κ1) is 24.4. The van der Waals surface area contributed by atoms with Crippen LogP contribution in [-0.4, -0.2) is 31.3 Å². The van der Waals surface area contributed by atoms with E-state index in [1.54, 1.807) is 0 Å². The fraction of sp³-hybridized carbons (Fsp3) is 0.500. The van der Waals surface area contributed by atoms with Gasteiger partial charge in [0.1, 0.15) is 6.61 Å². The molecule has 2 saturated carbocycles. The Kier molecular flexibility index (Phi) is 8.72. The predicted molar refractivity (Wildman–Crippen MR) is 127 cm³/mol. The topological polar surface area (TPSA) is 71.1 Å². The Morgan fingerprint density at radius 1 is 0.765 bits per heavy atom. The molecule has 0 saturated heterocycles. The van der Waals surface area contributed by atoms with Gasteiger partial charge in [0, 0.05) is 0 Å². The number of carbonyl (C=O) groups is 2. The summed E-state index contributed by atoms with van der Waals surface area (Å²) in [6.45, 7) is 0.0847. The van der Waals surface area contributed by atoms with Crippen LogP contribution in [0.4, 0.5) is 0 Å². The van der Waals surface area contributed by atoms with Crippen molar-refractivity contribution in [2.24, 2.45) is 0 Å². The maximum absolute atomic E-state index is 13.1. The van der Waals surface area contributed by atoms with Gasteiger partial charge in [0.25, 0.3) is 0 Å². The van der Waals surface area contributed by atoms with Gasteiger partial charge in [-0.05, 0) is 48.4 Å². The van der Waals surface area contributed by atoms with Crippen LogP contribution in [0.25, 0.3) is 0 Å². The molecule has 0 spiro atoms. The molecule has 0 bridgehead atoms. The summed E-state index contributed by atoms with van der Waals surface area (Å²) in [6, 6.07) is 16.9. The molecule has 2 aliphatic carbocycles. The van der Waals surface area contributed by atoms with E-state index >= 15 is 0 Å². The minimum absolute atomic E-state index is 0.0601. The van der Waals surface area contributed by atoms with Crippen molar-refractivity contribution >= 4 is 11.9 Å². The zero-order valence-corrected chi connectivity index (χ0v) is 19.8. The lowest BCUT2D eigenvalue weighted by molar-refractivity contribution is -0.163. The Bertz CT molecular complexity index is 931. The van der Waals surface area contributed by atoms with E-state index in [2.05, 4.69) is 0 Å². The van der Waals surface area contributed by atoms with Crippen molar-refractivity contribution in [2.45, 2.75) is 82.4 Å². The van der Waals surface area contributed by atoms with Crippen LogP contribution in [-0.2, 0) is 35.1 Å². The number of methoxy groups -OCH3 is 1. The summed E-state index contributed by atoms with van der Waals surface area (Å²) in [4.78, 5) is 25.5. The summed E-state index contributed by atoms with van der Waals surface area (Å²) in [5.74, 6) is -0.828. The third kappa shape index (κ3) is 6.45. The van der Waals surface area contributed by atoms with Gasteiger partial charge in [0.15, 0.2) is 12.2 Å². The van der Waals surface area contributed by atoms with Gasteiger partial charge in [-0.1, -0.05) is 74.2 Å². The molecule has 2 aromatic carbocycles. The first-order valence-electron chi connectivity index (χ1n) is 12.3. The summed E-state index contributed by atoms with van der Waals surface area (Å²) in [6.07, 6.45) is 6.91. The molecule has 0 amide bonds. The Balaban J connectivity index is 1.43. The molecule has 0 unspecified atom stereocenters. The molecule has 2 atom stereocenters. The van der Waals surface area contributed by atoms with Crippen LogP contribution in [0, 0.1) is 0 Å². The molecule has 4 rings (SSSR count). The number of esters is 2. The lowest BCUT2D eigenvalue weighted by Gasteiger charge is -2.22. The highest BCUT2D eigenvalue weighted by molar-refractivity contribution is 5.77. The molecular weight excluding hydrogens is 432 g/mol. The summed E-state index contributed by atoms with van der Waals surface area (Å²) in [5, 5.41) is 0. The summed E-state index contributed by atoms with van der Waals surface area (Å²) < 4.78 is 23.0. The molecule has 34 heavy (non-hydrogen) atoms. The molecule has 0 heterocycles. The van der Waals surface area contributed by atoms with E-state index in [-0.39, 0.29) is 18.8 Å². The number of carbonyl (C=O) groups excluding carboxylic acids is 2. The molecule has 2 fully saturated rings. The SMILES string of the molecule is COC(=O)[C@@H](OC1CCCC1)c1cccc(COC(=O)[C@@H](OC2CCCC2)c2ccccc2)c1. The van der Waals surface area contributed by atoms with Crippen molar-refractivity contribution in [3.05, 3.63) is 71.3 Å². The molecule has 0 aromatic heterocycles. The highest BCUT2D eigenvalue weighted by Crippen LogP contribution is 2.31. The number of ether oxygens (including phenoxy) is 4. The van der Waals surface area contributed by atoms with Crippen LogP contribution < -0.4 is 0 Å². The molecule has 0 N–H and O–H groups in total. The van der Waals surface area contributed by atoms with Crippen LogP contribution in [0.5, 0.6) is 0 Å². The monoisotopic (exact) mass is 466 g/mol. The standard InChI is InChI=1S/C28H34O6/c1-31-27(29)26(34-24-16-7-8-17-24)22-13-9-10-20(18-22)19-32-28(30)25(21-11-3-2-4-12-21)33-23-14-5-6-15-23/h2-4,9-13,18,23-26H,5-8,14-17,19H2,1H3/t25-,26-/m0/s1.